The van der Waals surface area contributed by atoms with Gasteiger partial charge in [-0.25, -0.2) is 0 Å². The summed E-state index contributed by atoms with van der Waals surface area (Å²) < 4.78 is 5.18. The molecule has 1 nitrogen and oxygen atoms in total. The Hall–Kier alpha value is -0.0400. The predicted octanol–water partition coefficient (Wildman–Crippen LogP) is 4.66. The molecule has 0 aromatic carbocycles. The normalized spacial score (nSPS) is 15.2. The molecule has 0 heterocycles. The summed E-state index contributed by atoms with van der Waals surface area (Å²) in [5.74, 6) is 1.53. The zero-order valence-electron chi connectivity index (χ0n) is 11.2. The fourth-order valence-corrected chi connectivity index (χ4v) is 1.96. The summed E-state index contributed by atoms with van der Waals surface area (Å²) in [5.41, 5.74) is 0. The number of hydrogen-bond acceptors (Lipinski definition) is 1. The highest BCUT2D eigenvalue weighted by Gasteiger charge is 2.10. The third kappa shape index (κ3) is 8.92. The van der Waals surface area contributed by atoms with E-state index in [0.717, 1.165) is 12.5 Å². The Bertz CT molecular complexity index is 123. The molecule has 0 aromatic heterocycles. The zero-order valence-corrected chi connectivity index (χ0v) is 11.2. The highest BCUT2D eigenvalue weighted by molar-refractivity contribution is 4.61. The number of methoxy groups -OCH3 is 1. The van der Waals surface area contributed by atoms with E-state index < -0.39 is 0 Å². The molecule has 0 spiro atoms. The second kappa shape index (κ2) is 10.5. The van der Waals surface area contributed by atoms with Crippen molar-refractivity contribution in [2.45, 2.75) is 65.7 Å². The maximum absolute atomic E-state index is 5.18. The van der Waals surface area contributed by atoms with Crippen molar-refractivity contribution in [3.63, 3.8) is 0 Å². The molecule has 0 saturated heterocycles. The first-order valence-corrected chi connectivity index (χ1v) is 6.71. The van der Waals surface area contributed by atoms with E-state index in [0.29, 0.717) is 5.92 Å². The maximum atomic E-state index is 5.18. The van der Waals surface area contributed by atoms with Crippen molar-refractivity contribution < 1.29 is 4.74 Å². The fraction of sp³-hybridized carbons (Fsp3) is 1.00. The molecule has 0 fully saturated rings. The third-order valence-corrected chi connectivity index (χ3v) is 3.41. The molecule has 0 aliphatic rings. The van der Waals surface area contributed by atoms with Gasteiger partial charge in [0, 0.05) is 13.7 Å². The van der Waals surface area contributed by atoms with Gasteiger partial charge in [0.1, 0.15) is 0 Å². The van der Waals surface area contributed by atoms with E-state index in [2.05, 4.69) is 20.8 Å². The smallest absolute Gasteiger partial charge is 0.0490 e. The van der Waals surface area contributed by atoms with Crippen molar-refractivity contribution in [3.05, 3.63) is 0 Å². The summed E-state index contributed by atoms with van der Waals surface area (Å²) in [4.78, 5) is 0. The highest BCUT2D eigenvalue weighted by Crippen LogP contribution is 2.19. The summed E-state index contributed by atoms with van der Waals surface area (Å²) in [6, 6.07) is 0. The molecule has 92 valence electrons. The molecule has 0 amide bonds. The zero-order chi connectivity index (χ0) is 11.5. The Balaban J connectivity index is 3.26. The molecule has 0 rings (SSSR count). The molecule has 2 unspecified atom stereocenters. The van der Waals surface area contributed by atoms with Gasteiger partial charge in [-0.05, 0) is 11.8 Å². The van der Waals surface area contributed by atoms with E-state index >= 15 is 0 Å². The standard InChI is InChI=1S/C14H30O/c1-5-6-7-8-9-10-11-13(2)14(3)12-15-4/h13-14H,5-12H2,1-4H3. The number of unbranched alkanes of at least 4 members (excludes halogenated alkanes) is 5. The minimum Gasteiger partial charge on any atom is -0.384 e. The molecule has 0 saturated carbocycles. The van der Waals surface area contributed by atoms with Crippen LogP contribution in [0.2, 0.25) is 0 Å². The summed E-state index contributed by atoms with van der Waals surface area (Å²) in [6.07, 6.45) is 9.81. The van der Waals surface area contributed by atoms with Crippen molar-refractivity contribution >= 4 is 0 Å². The van der Waals surface area contributed by atoms with Gasteiger partial charge < -0.3 is 4.74 Å². The number of ether oxygens (including phenoxy) is 1. The van der Waals surface area contributed by atoms with Crippen LogP contribution in [-0.4, -0.2) is 13.7 Å². The molecule has 0 aromatic rings. The van der Waals surface area contributed by atoms with E-state index in [-0.39, 0.29) is 0 Å². The van der Waals surface area contributed by atoms with Crippen molar-refractivity contribution in [1.29, 1.82) is 0 Å². The number of rotatable bonds is 10. The monoisotopic (exact) mass is 214 g/mol. The van der Waals surface area contributed by atoms with Crippen LogP contribution in [0.25, 0.3) is 0 Å². The predicted molar refractivity (Wildman–Crippen MR) is 68.2 cm³/mol. The second-order valence-electron chi connectivity index (χ2n) is 4.97. The minimum atomic E-state index is 0.714. The van der Waals surface area contributed by atoms with Crippen LogP contribution < -0.4 is 0 Å². The van der Waals surface area contributed by atoms with Crippen molar-refractivity contribution in [2.75, 3.05) is 13.7 Å². The molecule has 0 aliphatic heterocycles. The molecule has 2 atom stereocenters. The van der Waals surface area contributed by atoms with Crippen molar-refractivity contribution in [2.24, 2.45) is 11.8 Å². The van der Waals surface area contributed by atoms with Gasteiger partial charge in [0.15, 0.2) is 0 Å². The lowest BCUT2D eigenvalue weighted by Gasteiger charge is -2.18. The van der Waals surface area contributed by atoms with Gasteiger partial charge in [-0.3, -0.25) is 0 Å². The molecule has 0 bridgehead atoms. The van der Waals surface area contributed by atoms with Crippen LogP contribution in [0.3, 0.4) is 0 Å². The molecule has 1 heteroatoms. The Morgan fingerprint density at radius 2 is 1.47 bits per heavy atom. The minimum absolute atomic E-state index is 0.714. The fourth-order valence-electron chi connectivity index (χ4n) is 1.96. The summed E-state index contributed by atoms with van der Waals surface area (Å²) >= 11 is 0. The molecule has 0 aliphatic carbocycles. The SMILES string of the molecule is CCCCCCCCC(C)C(C)COC. The first kappa shape index (κ1) is 15.0. The van der Waals surface area contributed by atoms with E-state index in [1.807, 2.05) is 0 Å². The lowest BCUT2D eigenvalue weighted by Crippen LogP contribution is -2.13. The molecule has 15 heavy (non-hydrogen) atoms. The van der Waals surface area contributed by atoms with Crippen LogP contribution in [-0.2, 0) is 4.74 Å². The lowest BCUT2D eigenvalue weighted by molar-refractivity contribution is 0.130. The highest BCUT2D eigenvalue weighted by atomic mass is 16.5. The molecule has 0 N–H and O–H groups in total. The van der Waals surface area contributed by atoms with E-state index in [9.17, 15) is 0 Å². The van der Waals surface area contributed by atoms with E-state index in [1.165, 1.54) is 44.9 Å². The van der Waals surface area contributed by atoms with E-state index in [1.54, 1.807) is 7.11 Å². The van der Waals surface area contributed by atoms with Crippen LogP contribution in [0.4, 0.5) is 0 Å². The van der Waals surface area contributed by atoms with E-state index in [4.69, 9.17) is 4.74 Å². The van der Waals surface area contributed by atoms with Crippen LogP contribution in [0.5, 0.6) is 0 Å². The number of hydrogen-bond donors (Lipinski definition) is 0. The Morgan fingerprint density at radius 3 is 2.07 bits per heavy atom. The summed E-state index contributed by atoms with van der Waals surface area (Å²) in [6.45, 7) is 7.84. The first-order chi connectivity index (χ1) is 7.22. The second-order valence-corrected chi connectivity index (χ2v) is 4.97. The van der Waals surface area contributed by atoms with Crippen molar-refractivity contribution in [1.82, 2.24) is 0 Å². The molecular formula is C14H30O. The maximum Gasteiger partial charge on any atom is 0.0490 e. The quantitative estimate of drug-likeness (QED) is 0.481. The van der Waals surface area contributed by atoms with Crippen LogP contribution in [0, 0.1) is 11.8 Å². The van der Waals surface area contributed by atoms with Crippen LogP contribution in [0.15, 0.2) is 0 Å². The van der Waals surface area contributed by atoms with Gasteiger partial charge in [-0.15, -0.1) is 0 Å². The summed E-state index contributed by atoms with van der Waals surface area (Å²) in [5, 5.41) is 0. The Labute approximate surface area is 96.6 Å². The van der Waals surface area contributed by atoms with Gasteiger partial charge >= 0.3 is 0 Å². The van der Waals surface area contributed by atoms with Gasteiger partial charge in [0.25, 0.3) is 0 Å². The van der Waals surface area contributed by atoms with Crippen molar-refractivity contribution in [3.8, 4) is 0 Å². The Kier molecular flexibility index (Phi) is 10.4. The van der Waals surface area contributed by atoms with Gasteiger partial charge in [-0.1, -0.05) is 65.7 Å². The summed E-state index contributed by atoms with van der Waals surface area (Å²) in [7, 11) is 1.80. The van der Waals surface area contributed by atoms with Gasteiger partial charge in [-0.2, -0.15) is 0 Å². The third-order valence-electron chi connectivity index (χ3n) is 3.41. The average Bonchev–Trinajstić information content (AvgIpc) is 2.23. The largest absolute Gasteiger partial charge is 0.384 e. The molecule has 0 radical (unpaired) electrons. The average molecular weight is 214 g/mol. The van der Waals surface area contributed by atoms with Crippen LogP contribution in [0.1, 0.15) is 65.7 Å². The molecular weight excluding hydrogens is 184 g/mol. The van der Waals surface area contributed by atoms with Gasteiger partial charge in [0.05, 0.1) is 0 Å². The first-order valence-electron chi connectivity index (χ1n) is 6.71. The lowest BCUT2D eigenvalue weighted by atomic mass is 9.91. The topological polar surface area (TPSA) is 9.23 Å². The van der Waals surface area contributed by atoms with Gasteiger partial charge in [0.2, 0.25) is 0 Å². The van der Waals surface area contributed by atoms with Crippen LogP contribution >= 0.6 is 0 Å². The Morgan fingerprint density at radius 1 is 0.867 bits per heavy atom.